The fraction of sp³-hybridized carbons (Fsp3) is 0.389. The Morgan fingerprint density at radius 1 is 1.28 bits per heavy atom. The van der Waals surface area contributed by atoms with Crippen molar-refractivity contribution in [1.29, 1.82) is 0 Å². The van der Waals surface area contributed by atoms with Crippen LogP contribution in [-0.2, 0) is 17.8 Å². The van der Waals surface area contributed by atoms with Gasteiger partial charge in [0.1, 0.15) is 0 Å². The molecule has 1 aromatic heterocycles. The van der Waals surface area contributed by atoms with Crippen molar-refractivity contribution < 1.29 is 9.53 Å². The Labute approximate surface area is 146 Å². The number of nitrogens with zero attached hydrogens (tertiary/aromatic N) is 4. The molecular formula is C18H21N5O2. The van der Waals surface area contributed by atoms with Gasteiger partial charge in [-0.05, 0) is 30.7 Å². The first kappa shape index (κ1) is 15.8. The van der Waals surface area contributed by atoms with Gasteiger partial charge in [-0.1, -0.05) is 0 Å². The molecule has 7 heteroatoms. The number of hydrogen-bond donors (Lipinski definition) is 1. The second-order valence-corrected chi connectivity index (χ2v) is 6.50. The molecule has 0 spiro atoms. The highest BCUT2D eigenvalue weighted by Crippen LogP contribution is 2.25. The van der Waals surface area contributed by atoms with Gasteiger partial charge < -0.3 is 20.3 Å². The first-order valence-electron chi connectivity index (χ1n) is 8.41. The molecule has 2 aliphatic rings. The van der Waals surface area contributed by atoms with Crippen LogP contribution in [0.5, 0.6) is 0 Å². The minimum atomic E-state index is -0.000638. The predicted molar refractivity (Wildman–Crippen MR) is 94.1 cm³/mol. The number of anilines is 2. The van der Waals surface area contributed by atoms with E-state index in [1.807, 2.05) is 24.3 Å². The molecule has 3 heterocycles. The zero-order valence-electron chi connectivity index (χ0n) is 14.2. The van der Waals surface area contributed by atoms with E-state index in [1.165, 1.54) is 0 Å². The number of fused-ring (bicyclic) bond motifs is 1. The Morgan fingerprint density at radius 2 is 2.08 bits per heavy atom. The summed E-state index contributed by atoms with van der Waals surface area (Å²) in [5.74, 6) is 0.247. The van der Waals surface area contributed by atoms with Crippen LogP contribution in [0, 0.1) is 0 Å². The van der Waals surface area contributed by atoms with Gasteiger partial charge in [-0.15, -0.1) is 0 Å². The van der Waals surface area contributed by atoms with E-state index >= 15 is 0 Å². The van der Waals surface area contributed by atoms with E-state index in [1.54, 1.807) is 18.2 Å². The summed E-state index contributed by atoms with van der Waals surface area (Å²) in [5.41, 5.74) is 9.22. The fourth-order valence-corrected chi connectivity index (χ4v) is 3.46. The maximum absolute atomic E-state index is 12.7. The fourth-order valence-electron chi connectivity index (χ4n) is 3.46. The smallest absolute Gasteiger partial charge is 0.254 e. The van der Waals surface area contributed by atoms with Crippen molar-refractivity contribution in [2.75, 3.05) is 30.8 Å². The maximum atomic E-state index is 12.7. The number of nitrogen functional groups attached to an aromatic ring is 1. The van der Waals surface area contributed by atoms with Gasteiger partial charge in [-0.2, -0.15) is 0 Å². The topological polar surface area (TPSA) is 84.6 Å². The standard InChI is InChI=1S/C18H21N5O2/c1-25-15-6-7-22(10-15)14-4-2-12(3-5-14)17(24)23-9-13-8-20-18(19)21-16(13)11-23/h2-5,8,15H,6-7,9-11H2,1H3,(H2,19,20,21). The highest BCUT2D eigenvalue weighted by Gasteiger charge is 2.26. The van der Waals surface area contributed by atoms with Gasteiger partial charge >= 0.3 is 0 Å². The van der Waals surface area contributed by atoms with Crippen molar-refractivity contribution in [3.8, 4) is 0 Å². The molecule has 1 unspecified atom stereocenters. The summed E-state index contributed by atoms with van der Waals surface area (Å²) in [6.07, 6.45) is 3.03. The molecule has 7 nitrogen and oxygen atoms in total. The minimum absolute atomic E-state index is 0.000638. The van der Waals surface area contributed by atoms with Gasteiger partial charge in [0.05, 0.1) is 18.3 Å². The maximum Gasteiger partial charge on any atom is 0.254 e. The van der Waals surface area contributed by atoms with Crippen molar-refractivity contribution in [2.24, 2.45) is 0 Å². The van der Waals surface area contributed by atoms with E-state index < -0.39 is 0 Å². The van der Waals surface area contributed by atoms with E-state index in [0.29, 0.717) is 18.7 Å². The molecule has 0 aliphatic carbocycles. The van der Waals surface area contributed by atoms with Crippen LogP contribution < -0.4 is 10.6 Å². The Hall–Kier alpha value is -2.67. The van der Waals surface area contributed by atoms with E-state index in [-0.39, 0.29) is 18.0 Å². The second-order valence-electron chi connectivity index (χ2n) is 6.50. The molecule has 1 amide bonds. The summed E-state index contributed by atoms with van der Waals surface area (Å²) in [6, 6.07) is 7.79. The van der Waals surface area contributed by atoms with Crippen molar-refractivity contribution in [2.45, 2.75) is 25.6 Å². The molecule has 0 bridgehead atoms. The molecule has 2 aromatic rings. The molecule has 130 valence electrons. The number of carbonyl (C=O) groups is 1. The van der Waals surface area contributed by atoms with Crippen LogP contribution >= 0.6 is 0 Å². The number of benzene rings is 1. The molecular weight excluding hydrogens is 318 g/mol. The highest BCUT2D eigenvalue weighted by atomic mass is 16.5. The lowest BCUT2D eigenvalue weighted by Crippen LogP contribution is -2.26. The first-order valence-corrected chi connectivity index (χ1v) is 8.41. The zero-order valence-corrected chi connectivity index (χ0v) is 14.2. The number of aromatic nitrogens is 2. The number of hydrogen-bond acceptors (Lipinski definition) is 6. The van der Waals surface area contributed by atoms with E-state index in [2.05, 4.69) is 14.9 Å². The number of ether oxygens (including phenoxy) is 1. The SMILES string of the molecule is COC1CCN(c2ccc(C(=O)N3Cc4cnc(N)nc4C3)cc2)C1. The number of carbonyl (C=O) groups excluding carboxylic acids is 1. The van der Waals surface area contributed by atoms with Crippen molar-refractivity contribution >= 4 is 17.5 Å². The van der Waals surface area contributed by atoms with Crippen molar-refractivity contribution in [3.63, 3.8) is 0 Å². The van der Waals surface area contributed by atoms with Gasteiger partial charge in [-0.25, -0.2) is 9.97 Å². The zero-order chi connectivity index (χ0) is 17.4. The molecule has 1 aromatic carbocycles. The van der Waals surface area contributed by atoms with Gasteiger partial charge in [0.2, 0.25) is 5.95 Å². The van der Waals surface area contributed by atoms with E-state index in [9.17, 15) is 4.79 Å². The van der Waals surface area contributed by atoms with Gasteiger partial charge in [0, 0.05) is 49.8 Å². The summed E-state index contributed by atoms with van der Waals surface area (Å²) in [7, 11) is 1.75. The van der Waals surface area contributed by atoms with E-state index in [4.69, 9.17) is 10.5 Å². The highest BCUT2D eigenvalue weighted by molar-refractivity contribution is 5.94. The quantitative estimate of drug-likeness (QED) is 0.911. The lowest BCUT2D eigenvalue weighted by Gasteiger charge is -2.19. The van der Waals surface area contributed by atoms with Crippen LogP contribution in [0.3, 0.4) is 0 Å². The number of nitrogens with two attached hydrogens (primary N) is 1. The first-order chi connectivity index (χ1) is 12.1. The number of methoxy groups -OCH3 is 1. The third-order valence-electron chi connectivity index (χ3n) is 4.92. The number of rotatable bonds is 3. The molecule has 4 rings (SSSR count). The normalized spacial score (nSPS) is 19.3. The predicted octanol–water partition coefficient (Wildman–Crippen LogP) is 1.44. The molecule has 1 atom stereocenters. The van der Waals surface area contributed by atoms with Gasteiger partial charge in [0.25, 0.3) is 5.91 Å². The lowest BCUT2D eigenvalue weighted by atomic mass is 10.1. The molecule has 0 saturated carbocycles. The van der Waals surface area contributed by atoms with Crippen LogP contribution in [0.25, 0.3) is 0 Å². The minimum Gasteiger partial charge on any atom is -0.380 e. The molecule has 1 saturated heterocycles. The third kappa shape index (κ3) is 3.02. The van der Waals surface area contributed by atoms with Gasteiger partial charge in [0.15, 0.2) is 0 Å². The average molecular weight is 339 g/mol. The Balaban J connectivity index is 1.45. The van der Waals surface area contributed by atoms with Crippen molar-refractivity contribution in [3.05, 3.63) is 47.3 Å². The average Bonchev–Trinajstić information content (AvgIpc) is 3.27. The second kappa shape index (κ2) is 6.33. The van der Waals surface area contributed by atoms with Crippen molar-refractivity contribution in [1.82, 2.24) is 14.9 Å². The monoisotopic (exact) mass is 339 g/mol. The molecule has 25 heavy (non-hydrogen) atoms. The van der Waals surface area contributed by atoms with Crippen LogP contribution in [-0.4, -0.2) is 47.1 Å². The summed E-state index contributed by atoms with van der Waals surface area (Å²) >= 11 is 0. The molecule has 2 aliphatic heterocycles. The van der Waals surface area contributed by atoms with E-state index in [0.717, 1.165) is 36.5 Å². The Kier molecular flexibility index (Phi) is 4.01. The Morgan fingerprint density at radius 3 is 2.80 bits per heavy atom. The Bertz CT molecular complexity index is 793. The number of amides is 1. The van der Waals surface area contributed by atoms with Gasteiger partial charge in [-0.3, -0.25) is 4.79 Å². The van der Waals surface area contributed by atoms with Crippen LogP contribution in [0.2, 0.25) is 0 Å². The molecule has 0 radical (unpaired) electrons. The summed E-state index contributed by atoms with van der Waals surface area (Å²) in [6.45, 7) is 2.88. The summed E-state index contributed by atoms with van der Waals surface area (Å²) in [5, 5.41) is 0. The largest absolute Gasteiger partial charge is 0.380 e. The van der Waals surface area contributed by atoms with Crippen LogP contribution in [0.15, 0.2) is 30.5 Å². The third-order valence-corrected chi connectivity index (χ3v) is 4.92. The van der Waals surface area contributed by atoms with Crippen LogP contribution in [0.4, 0.5) is 11.6 Å². The lowest BCUT2D eigenvalue weighted by molar-refractivity contribution is 0.0750. The summed E-state index contributed by atoms with van der Waals surface area (Å²) < 4.78 is 5.41. The molecule has 1 fully saturated rings. The summed E-state index contributed by atoms with van der Waals surface area (Å²) in [4.78, 5) is 25.0. The van der Waals surface area contributed by atoms with Crippen LogP contribution in [0.1, 0.15) is 28.0 Å². The molecule has 2 N–H and O–H groups in total.